The second kappa shape index (κ2) is 6.09. The van der Waals surface area contributed by atoms with Gasteiger partial charge in [0.25, 0.3) is 0 Å². The van der Waals surface area contributed by atoms with E-state index in [2.05, 4.69) is 30.1 Å². The number of nitrogens with one attached hydrogen (secondary N) is 1. The lowest BCUT2D eigenvalue weighted by molar-refractivity contribution is 0.173. The Bertz CT molecular complexity index is 206. The van der Waals surface area contributed by atoms with Gasteiger partial charge in [0.05, 0.1) is 6.07 Å². The van der Waals surface area contributed by atoms with E-state index in [0.717, 1.165) is 39.0 Å². The van der Waals surface area contributed by atoms with Crippen molar-refractivity contribution < 1.29 is 0 Å². The van der Waals surface area contributed by atoms with Gasteiger partial charge in [0.1, 0.15) is 5.54 Å². The molecule has 0 unspecified atom stereocenters. The number of likely N-dealkylation sites (tertiary alicyclic amines) is 1. The van der Waals surface area contributed by atoms with Crippen LogP contribution >= 0.6 is 0 Å². The predicted octanol–water partition coefficient (Wildman–Crippen LogP) is 1.75. The van der Waals surface area contributed by atoms with E-state index in [1.807, 2.05) is 0 Å². The van der Waals surface area contributed by atoms with Gasteiger partial charge in [-0.15, -0.1) is 0 Å². The van der Waals surface area contributed by atoms with E-state index in [-0.39, 0.29) is 5.54 Å². The molecular formula is C12H23N3. The Morgan fingerprint density at radius 3 is 2.47 bits per heavy atom. The molecular weight excluding hydrogens is 186 g/mol. The highest BCUT2D eigenvalue weighted by atomic mass is 15.1. The standard InChI is InChI=1S/C12H23N3/c1-3-5-8-14-12(11-13)6-9-15(4-2)10-7-12/h14H,3-10H2,1-2H3. The van der Waals surface area contributed by atoms with E-state index in [0.29, 0.717) is 0 Å². The van der Waals surface area contributed by atoms with Crippen molar-refractivity contribution >= 4 is 0 Å². The summed E-state index contributed by atoms with van der Waals surface area (Å²) in [5.41, 5.74) is -0.235. The Labute approximate surface area is 93.5 Å². The van der Waals surface area contributed by atoms with Gasteiger partial charge >= 0.3 is 0 Å². The van der Waals surface area contributed by atoms with Crippen LogP contribution < -0.4 is 5.32 Å². The van der Waals surface area contributed by atoms with Crippen LogP contribution in [0.4, 0.5) is 0 Å². The van der Waals surface area contributed by atoms with Crippen LogP contribution in [0.15, 0.2) is 0 Å². The van der Waals surface area contributed by atoms with E-state index in [4.69, 9.17) is 0 Å². The average Bonchev–Trinajstić information content (AvgIpc) is 2.30. The van der Waals surface area contributed by atoms with E-state index in [9.17, 15) is 5.26 Å². The number of piperidine rings is 1. The van der Waals surface area contributed by atoms with Crippen molar-refractivity contribution in [1.29, 1.82) is 5.26 Å². The Morgan fingerprint density at radius 1 is 1.33 bits per heavy atom. The van der Waals surface area contributed by atoms with Gasteiger partial charge in [0.15, 0.2) is 0 Å². The summed E-state index contributed by atoms with van der Waals surface area (Å²) in [5.74, 6) is 0. The number of nitrogens with zero attached hydrogens (tertiary/aromatic N) is 2. The SMILES string of the molecule is CCCCNC1(C#N)CCN(CC)CC1. The Hall–Kier alpha value is -0.590. The minimum absolute atomic E-state index is 0.235. The molecule has 1 fully saturated rings. The predicted molar refractivity (Wildman–Crippen MR) is 62.6 cm³/mol. The Morgan fingerprint density at radius 2 is 2.00 bits per heavy atom. The second-order valence-corrected chi connectivity index (χ2v) is 4.41. The van der Waals surface area contributed by atoms with Gasteiger partial charge < -0.3 is 4.90 Å². The van der Waals surface area contributed by atoms with E-state index in [1.54, 1.807) is 0 Å². The van der Waals surface area contributed by atoms with Crippen molar-refractivity contribution in [2.75, 3.05) is 26.2 Å². The molecule has 86 valence electrons. The third-order valence-electron chi connectivity index (χ3n) is 3.36. The largest absolute Gasteiger partial charge is 0.303 e. The lowest BCUT2D eigenvalue weighted by Crippen LogP contribution is -2.52. The molecule has 1 heterocycles. The average molecular weight is 209 g/mol. The molecule has 0 atom stereocenters. The van der Waals surface area contributed by atoms with E-state index in [1.165, 1.54) is 12.8 Å². The van der Waals surface area contributed by atoms with Crippen molar-refractivity contribution in [3.63, 3.8) is 0 Å². The fraction of sp³-hybridized carbons (Fsp3) is 0.917. The highest BCUT2D eigenvalue weighted by Crippen LogP contribution is 2.21. The molecule has 0 aromatic rings. The van der Waals surface area contributed by atoms with Crippen molar-refractivity contribution in [2.24, 2.45) is 0 Å². The third kappa shape index (κ3) is 3.48. The van der Waals surface area contributed by atoms with Crippen molar-refractivity contribution in [3.8, 4) is 6.07 Å². The summed E-state index contributed by atoms with van der Waals surface area (Å²) in [4.78, 5) is 2.41. The monoisotopic (exact) mass is 209 g/mol. The lowest BCUT2D eigenvalue weighted by Gasteiger charge is -2.37. The van der Waals surface area contributed by atoms with Crippen LogP contribution in [0.3, 0.4) is 0 Å². The lowest BCUT2D eigenvalue weighted by atomic mass is 9.89. The summed E-state index contributed by atoms with van der Waals surface area (Å²) < 4.78 is 0. The Kier molecular flexibility index (Phi) is 5.07. The first-order valence-electron chi connectivity index (χ1n) is 6.15. The van der Waals surface area contributed by atoms with Crippen molar-refractivity contribution in [3.05, 3.63) is 0 Å². The molecule has 0 spiro atoms. The summed E-state index contributed by atoms with van der Waals surface area (Å²) in [6.45, 7) is 8.57. The van der Waals surface area contributed by atoms with Gasteiger partial charge in [-0.25, -0.2) is 0 Å². The minimum atomic E-state index is -0.235. The van der Waals surface area contributed by atoms with Crippen LogP contribution in [0.1, 0.15) is 39.5 Å². The molecule has 1 aliphatic heterocycles. The van der Waals surface area contributed by atoms with Gasteiger partial charge in [-0.1, -0.05) is 20.3 Å². The number of unbranched alkanes of at least 4 members (excludes halogenated alkanes) is 1. The molecule has 0 aromatic heterocycles. The third-order valence-corrected chi connectivity index (χ3v) is 3.36. The van der Waals surface area contributed by atoms with Gasteiger partial charge in [-0.3, -0.25) is 5.32 Å². The van der Waals surface area contributed by atoms with E-state index >= 15 is 0 Å². The fourth-order valence-electron chi connectivity index (χ4n) is 2.08. The quantitative estimate of drug-likeness (QED) is 0.701. The number of hydrogen-bond donors (Lipinski definition) is 1. The molecule has 1 rings (SSSR count). The summed E-state index contributed by atoms with van der Waals surface area (Å²) in [6, 6.07) is 2.48. The molecule has 0 amide bonds. The number of hydrogen-bond acceptors (Lipinski definition) is 3. The zero-order valence-corrected chi connectivity index (χ0v) is 10.1. The zero-order valence-electron chi connectivity index (χ0n) is 10.1. The molecule has 0 aliphatic carbocycles. The Balaban J connectivity index is 2.39. The summed E-state index contributed by atoms with van der Waals surface area (Å²) in [5, 5.41) is 12.7. The first-order chi connectivity index (χ1) is 7.26. The van der Waals surface area contributed by atoms with Gasteiger partial charge in [0.2, 0.25) is 0 Å². The highest BCUT2D eigenvalue weighted by molar-refractivity contribution is 5.09. The molecule has 15 heavy (non-hydrogen) atoms. The van der Waals surface area contributed by atoms with Crippen LogP contribution in [0.25, 0.3) is 0 Å². The first-order valence-corrected chi connectivity index (χ1v) is 6.15. The zero-order chi connectivity index (χ0) is 11.1. The first kappa shape index (κ1) is 12.5. The minimum Gasteiger partial charge on any atom is -0.303 e. The maximum absolute atomic E-state index is 9.27. The molecule has 0 bridgehead atoms. The van der Waals surface area contributed by atoms with Crippen LogP contribution in [0, 0.1) is 11.3 Å². The molecule has 1 N–H and O–H groups in total. The maximum Gasteiger partial charge on any atom is 0.109 e. The van der Waals surface area contributed by atoms with Crippen LogP contribution in [0.5, 0.6) is 0 Å². The highest BCUT2D eigenvalue weighted by Gasteiger charge is 2.33. The molecule has 1 saturated heterocycles. The smallest absolute Gasteiger partial charge is 0.109 e. The van der Waals surface area contributed by atoms with Crippen molar-refractivity contribution in [2.45, 2.75) is 45.1 Å². The number of rotatable bonds is 5. The van der Waals surface area contributed by atoms with Gasteiger partial charge in [-0.2, -0.15) is 5.26 Å². The van der Waals surface area contributed by atoms with Crippen LogP contribution in [0.2, 0.25) is 0 Å². The molecule has 3 heteroatoms. The molecule has 1 aliphatic rings. The summed E-state index contributed by atoms with van der Waals surface area (Å²) in [7, 11) is 0. The molecule has 0 saturated carbocycles. The molecule has 0 radical (unpaired) electrons. The number of nitriles is 1. The van der Waals surface area contributed by atoms with Gasteiger partial charge in [0, 0.05) is 13.1 Å². The normalized spacial score (nSPS) is 21.1. The van der Waals surface area contributed by atoms with Crippen LogP contribution in [-0.2, 0) is 0 Å². The fourth-order valence-corrected chi connectivity index (χ4v) is 2.08. The van der Waals surface area contributed by atoms with Crippen molar-refractivity contribution in [1.82, 2.24) is 10.2 Å². The topological polar surface area (TPSA) is 39.1 Å². The summed E-state index contributed by atoms with van der Waals surface area (Å²) >= 11 is 0. The van der Waals surface area contributed by atoms with Gasteiger partial charge in [-0.05, 0) is 32.4 Å². The van der Waals surface area contributed by atoms with E-state index < -0.39 is 0 Å². The maximum atomic E-state index is 9.27. The summed E-state index contributed by atoms with van der Waals surface area (Å²) in [6.07, 6.45) is 4.30. The second-order valence-electron chi connectivity index (χ2n) is 4.41. The molecule has 3 nitrogen and oxygen atoms in total. The van der Waals surface area contributed by atoms with Crippen LogP contribution in [-0.4, -0.2) is 36.6 Å². The molecule has 0 aromatic carbocycles.